The van der Waals surface area contributed by atoms with E-state index >= 15 is 0 Å². The van der Waals surface area contributed by atoms with Crippen LogP contribution in [0.2, 0.25) is 5.02 Å². The molecule has 0 bridgehead atoms. The van der Waals surface area contributed by atoms with Crippen molar-refractivity contribution >= 4 is 35.0 Å². The zero-order chi connectivity index (χ0) is 16.1. The quantitative estimate of drug-likeness (QED) is 0.830. The standard InChI is InChI=1S/C15H21ClFN3OS/c1-22-7-5-14(18)15(21)19-10-4-6-20(9-10)11-2-3-13(17)12(16)8-11/h2-3,8,10,14H,4-7,9,18H2,1H3,(H,19,21). The fourth-order valence-electron chi connectivity index (χ4n) is 2.48. The number of anilines is 1. The largest absolute Gasteiger partial charge is 0.369 e. The van der Waals surface area contributed by atoms with Crippen LogP contribution in [-0.4, -0.2) is 43.1 Å². The summed E-state index contributed by atoms with van der Waals surface area (Å²) in [5, 5.41) is 3.11. The number of rotatable bonds is 6. The van der Waals surface area contributed by atoms with Crippen molar-refractivity contribution in [3.05, 3.63) is 29.0 Å². The Morgan fingerprint density at radius 2 is 2.41 bits per heavy atom. The second-order valence-corrected chi connectivity index (χ2v) is 6.82. The van der Waals surface area contributed by atoms with Crippen molar-refractivity contribution in [2.75, 3.05) is 30.0 Å². The van der Waals surface area contributed by atoms with Gasteiger partial charge in [0.1, 0.15) is 5.82 Å². The smallest absolute Gasteiger partial charge is 0.237 e. The van der Waals surface area contributed by atoms with Crippen LogP contribution in [-0.2, 0) is 4.79 Å². The number of nitrogens with two attached hydrogens (primary N) is 1. The van der Waals surface area contributed by atoms with Gasteiger partial charge in [-0.2, -0.15) is 11.8 Å². The predicted molar refractivity (Wildman–Crippen MR) is 91.1 cm³/mol. The number of hydrogen-bond donors (Lipinski definition) is 2. The van der Waals surface area contributed by atoms with Gasteiger partial charge in [-0.05, 0) is 43.0 Å². The monoisotopic (exact) mass is 345 g/mol. The van der Waals surface area contributed by atoms with E-state index in [0.29, 0.717) is 13.0 Å². The highest BCUT2D eigenvalue weighted by molar-refractivity contribution is 7.98. The first-order valence-electron chi connectivity index (χ1n) is 7.26. The van der Waals surface area contributed by atoms with Crippen LogP contribution in [0.1, 0.15) is 12.8 Å². The Bertz CT molecular complexity index is 532. The van der Waals surface area contributed by atoms with Crippen molar-refractivity contribution in [1.29, 1.82) is 0 Å². The van der Waals surface area contributed by atoms with Crippen LogP contribution in [0.4, 0.5) is 10.1 Å². The summed E-state index contributed by atoms with van der Waals surface area (Å²) in [6.45, 7) is 1.48. The SMILES string of the molecule is CSCCC(N)C(=O)NC1CCN(c2ccc(F)c(Cl)c2)C1. The van der Waals surface area contributed by atoms with Crippen LogP contribution in [0.5, 0.6) is 0 Å². The molecule has 7 heteroatoms. The Labute approximate surface area is 139 Å². The van der Waals surface area contributed by atoms with E-state index < -0.39 is 11.9 Å². The molecule has 1 saturated heterocycles. The molecule has 0 spiro atoms. The van der Waals surface area contributed by atoms with E-state index in [-0.39, 0.29) is 17.0 Å². The molecule has 1 aliphatic heterocycles. The van der Waals surface area contributed by atoms with Gasteiger partial charge in [-0.15, -0.1) is 0 Å². The summed E-state index contributed by atoms with van der Waals surface area (Å²) in [5.41, 5.74) is 6.74. The highest BCUT2D eigenvalue weighted by atomic mass is 35.5. The van der Waals surface area contributed by atoms with E-state index in [1.54, 1.807) is 23.9 Å². The van der Waals surface area contributed by atoms with Gasteiger partial charge in [-0.1, -0.05) is 11.6 Å². The Balaban J connectivity index is 1.87. The van der Waals surface area contributed by atoms with Crippen LogP contribution in [0.15, 0.2) is 18.2 Å². The van der Waals surface area contributed by atoms with Gasteiger partial charge < -0.3 is 16.0 Å². The van der Waals surface area contributed by atoms with Gasteiger partial charge in [-0.25, -0.2) is 4.39 Å². The van der Waals surface area contributed by atoms with E-state index in [4.69, 9.17) is 17.3 Å². The van der Waals surface area contributed by atoms with Crippen molar-refractivity contribution in [2.24, 2.45) is 5.73 Å². The molecule has 1 heterocycles. The summed E-state index contributed by atoms with van der Waals surface area (Å²) in [4.78, 5) is 14.1. The van der Waals surface area contributed by atoms with E-state index in [9.17, 15) is 9.18 Å². The minimum Gasteiger partial charge on any atom is -0.369 e. The molecule has 2 unspecified atom stereocenters. The summed E-state index contributed by atoms with van der Waals surface area (Å²) in [6.07, 6.45) is 3.51. The zero-order valence-corrected chi connectivity index (χ0v) is 14.1. The van der Waals surface area contributed by atoms with Crippen molar-refractivity contribution in [2.45, 2.75) is 24.9 Å². The van der Waals surface area contributed by atoms with Crippen LogP contribution in [0.3, 0.4) is 0 Å². The molecule has 1 aliphatic rings. The molecular weight excluding hydrogens is 325 g/mol. The molecule has 0 aromatic heterocycles. The highest BCUT2D eigenvalue weighted by Gasteiger charge is 2.26. The lowest BCUT2D eigenvalue weighted by atomic mass is 10.2. The van der Waals surface area contributed by atoms with Crippen LogP contribution < -0.4 is 16.0 Å². The fraction of sp³-hybridized carbons (Fsp3) is 0.533. The second kappa shape index (κ2) is 8.04. The van der Waals surface area contributed by atoms with Crippen LogP contribution in [0.25, 0.3) is 0 Å². The van der Waals surface area contributed by atoms with Gasteiger partial charge in [0.15, 0.2) is 0 Å². The van der Waals surface area contributed by atoms with E-state index in [0.717, 1.165) is 24.4 Å². The molecule has 1 fully saturated rings. The number of carbonyl (C=O) groups is 1. The average molecular weight is 346 g/mol. The molecule has 0 radical (unpaired) electrons. The lowest BCUT2D eigenvalue weighted by molar-refractivity contribution is -0.122. The number of hydrogen-bond acceptors (Lipinski definition) is 4. The zero-order valence-electron chi connectivity index (χ0n) is 12.5. The van der Waals surface area contributed by atoms with E-state index in [1.165, 1.54) is 6.07 Å². The van der Waals surface area contributed by atoms with Crippen molar-refractivity contribution in [3.8, 4) is 0 Å². The van der Waals surface area contributed by atoms with Crippen molar-refractivity contribution < 1.29 is 9.18 Å². The third-order valence-electron chi connectivity index (χ3n) is 3.77. The number of halogens is 2. The summed E-state index contributed by atoms with van der Waals surface area (Å²) < 4.78 is 13.2. The summed E-state index contributed by atoms with van der Waals surface area (Å²) >= 11 is 7.49. The molecule has 3 N–H and O–H groups in total. The number of thioether (sulfide) groups is 1. The van der Waals surface area contributed by atoms with E-state index in [2.05, 4.69) is 10.2 Å². The molecule has 1 aromatic rings. The molecule has 0 saturated carbocycles. The maximum Gasteiger partial charge on any atom is 0.237 e. The Hall–Kier alpha value is -0.980. The predicted octanol–water partition coefficient (Wildman–Crippen LogP) is 2.25. The summed E-state index contributed by atoms with van der Waals surface area (Å²) in [6, 6.07) is 4.29. The molecule has 1 amide bonds. The maximum absolute atomic E-state index is 13.2. The maximum atomic E-state index is 13.2. The molecular formula is C15H21ClFN3OS. The third kappa shape index (κ3) is 4.51. The summed E-state index contributed by atoms with van der Waals surface area (Å²) in [5.74, 6) is 0.353. The Kier molecular flexibility index (Phi) is 6.35. The fourth-order valence-corrected chi connectivity index (χ4v) is 3.14. The summed E-state index contributed by atoms with van der Waals surface area (Å²) in [7, 11) is 0. The second-order valence-electron chi connectivity index (χ2n) is 5.43. The van der Waals surface area contributed by atoms with E-state index in [1.807, 2.05) is 6.26 Å². The van der Waals surface area contributed by atoms with Gasteiger partial charge in [0.2, 0.25) is 5.91 Å². The number of nitrogens with one attached hydrogen (secondary N) is 1. The molecule has 1 aromatic carbocycles. The normalized spacial score (nSPS) is 19.3. The number of amides is 1. The lowest BCUT2D eigenvalue weighted by Gasteiger charge is -2.20. The first-order chi connectivity index (χ1) is 10.5. The molecule has 0 aliphatic carbocycles. The molecule has 122 valence electrons. The van der Waals surface area contributed by atoms with Crippen molar-refractivity contribution in [1.82, 2.24) is 5.32 Å². The van der Waals surface area contributed by atoms with Gasteiger partial charge in [-0.3, -0.25) is 4.79 Å². The van der Waals surface area contributed by atoms with Gasteiger partial charge in [0, 0.05) is 24.8 Å². The Morgan fingerprint density at radius 1 is 1.64 bits per heavy atom. The van der Waals surface area contributed by atoms with Gasteiger partial charge in [0.25, 0.3) is 0 Å². The topological polar surface area (TPSA) is 58.4 Å². The van der Waals surface area contributed by atoms with Crippen LogP contribution in [0, 0.1) is 5.82 Å². The molecule has 2 atom stereocenters. The molecule has 4 nitrogen and oxygen atoms in total. The highest BCUT2D eigenvalue weighted by Crippen LogP contribution is 2.25. The van der Waals surface area contributed by atoms with Gasteiger partial charge in [0.05, 0.1) is 11.1 Å². The molecule has 2 rings (SSSR count). The van der Waals surface area contributed by atoms with Gasteiger partial charge >= 0.3 is 0 Å². The minimum atomic E-state index is -0.457. The third-order valence-corrected chi connectivity index (χ3v) is 4.71. The molecule has 22 heavy (non-hydrogen) atoms. The first-order valence-corrected chi connectivity index (χ1v) is 9.03. The lowest BCUT2D eigenvalue weighted by Crippen LogP contribution is -2.46. The average Bonchev–Trinajstić information content (AvgIpc) is 2.96. The number of benzene rings is 1. The van der Waals surface area contributed by atoms with Crippen molar-refractivity contribution in [3.63, 3.8) is 0 Å². The number of nitrogens with zero attached hydrogens (tertiary/aromatic N) is 1. The Morgan fingerprint density at radius 3 is 3.09 bits per heavy atom. The first kappa shape index (κ1) is 17.4. The number of carbonyl (C=O) groups excluding carboxylic acids is 1. The van der Waals surface area contributed by atoms with Crippen LogP contribution >= 0.6 is 23.4 Å². The minimum absolute atomic E-state index is 0.0664.